The van der Waals surface area contributed by atoms with Crippen molar-refractivity contribution in [2.24, 2.45) is 0 Å². The second-order valence-corrected chi connectivity index (χ2v) is 9.09. The number of benzene rings is 2. The predicted molar refractivity (Wildman–Crippen MR) is 127 cm³/mol. The van der Waals surface area contributed by atoms with Crippen LogP contribution in [0.25, 0.3) is 10.9 Å². The molecule has 0 spiro atoms. The number of hydrogen-bond acceptors (Lipinski definition) is 5. The molecule has 6 rings (SSSR count). The van der Waals surface area contributed by atoms with Gasteiger partial charge in [0.1, 0.15) is 6.61 Å². The van der Waals surface area contributed by atoms with Crippen LogP contribution in [-0.2, 0) is 4.74 Å². The maximum atomic E-state index is 11.9. The smallest absolute Gasteiger partial charge is 0.414 e. The van der Waals surface area contributed by atoms with Gasteiger partial charge in [0.05, 0.1) is 12.1 Å². The molecule has 1 amide bonds. The molecule has 2 saturated heterocycles. The van der Waals surface area contributed by atoms with E-state index >= 15 is 0 Å². The molecule has 3 heterocycles. The van der Waals surface area contributed by atoms with Gasteiger partial charge in [0, 0.05) is 60.6 Å². The van der Waals surface area contributed by atoms with Gasteiger partial charge in [0.25, 0.3) is 0 Å². The summed E-state index contributed by atoms with van der Waals surface area (Å²) in [5, 5.41) is 1.24. The molecule has 2 aliphatic heterocycles. The zero-order chi connectivity index (χ0) is 21.7. The van der Waals surface area contributed by atoms with Crippen LogP contribution in [0.1, 0.15) is 23.6 Å². The molecular formula is C26H28N4O2. The van der Waals surface area contributed by atoms with Gasteiger partial charge in [-0.2, -0.15) is 0 Å². The van der Waals surface area contributed by atoms with Gasteiger partial charge >= 0.3 is 6.09 Å². The highest BCUT2D eigenvalue weighted by atomic mass is 16.6. The normalized spacial score (nSPS) is 23.6. The van der Waals surface area contributed by atoms with Crippen molar-refractivity contribution in [2.45, 2.75) is 25.3 Å². The molecule has 2 unspecified atom stereocenters. The first-order chi connectivity index (χ1) is 15.7. The van der Waals surface area contributed by atoms with Crippen LogP contribution in [0.5, 0.6) is 0 Å². The van der Waals surface area contributed by atoms with Gasteiger partial charge < -0.3 is 9.64 Å². The molecule has 1 aromatic heterocycles. The van der Waals surface area contributed by atoms with E-state index in [4.69, 9.17) is 9.72 Å². The Balaban J connectivity index is 1.12. The minimum absolute atomic E-state index is 0.232. The zero-order valence-corrected chi connectivity index (χ0v) is 18.4. The van der Waals surface area contributed by atoms with Gasteiger partial charge in [-0.15, -0.1) is 0 Å². The highest BCUT2D eigenvalue weighted by Crippen LogP contribution is 2.46. The molecule has 164 valence electrons. The SMILES string of the molecule is Cc1ccc2c(N3CCN(C4CC4c4cccc(N5CCOC5=O)c4)CC3)cccc2n1. The summed E-state index contributed by atoms with van der Waals surface area (Å²) < 4.78 is 5.10. The van der Waals surface area contributed by atoms with Crippen molar-refractivity contribution in [1.82, 2.24) is 9.88 Å². The maximum absolute atomic E-state index is 11.9. The first kappa shape index (κ1) is 19.6. The predicted octanol–water partition coefficient (Wildman–Crippen LogP) is 4.18. The van der Waals surface area contributed by atoms with E-state index in [1.165, 1.54) is 23.1 Å². The third-order valence-corrected chi connectivity index (χ3v) is 7.10. The number of piperazine rings is 1. The standard InChI is InChI=1S/C26H28N4O2/c1-18-8-9-21-23(27-18)6-3-7-24(21)28-10-12-29(13-11-28)25-17-22(25)19-4-2-5-20(16-19)30-14-15-32-26(30)31/h2-9,16,22,25H,10-15,17H2,1H3. The van der Waals surface area contributed by atoms with Crippen molar-refractivity contribution < 1.29 is 9.53 Å². The summed E-state index contributed by atoms with van der Waals surface area (Å²) in [6.07, 6.45) is 0.968. The van der Waals surface area contributed by atoms with Crippen molar-refractivity contribution in [1.29, 1.82) is 0 Å². The maximum Gasteiger partial charge on any atom is 0.414 e. The third-order valence-electron chi connectivity index (χ3n) is 7.10. The quantitative estimate of drug-likeness (QED) is 0.624. The lowest BCUT2D eigenvalue weighted by Crippen LogP contribution is -2.47. The Morgan fingerprint density at radius 3 is 2.62 bits per heavy atom. The van der Waals surface area contributed by atoms with Crippen molar-refractivity contribution in [2.75, 3.05) is 49.1 Å². The summed E-state index contributed by atoms with van der Waals surface area (Å²) >= 11 is 0. The Kier molecular flexibility index (Phi) is 4.76. The molecule has 3 aliphatic rings. The second-order valence-electron chi connectivity index (χ2n) is 9.09. The fourth-order valence-corrected chi connectivity index (χ4v) is 5.31. The summed E-state index contributed by atoms with van der Waals surface area (Å²) in [4.78, 5) is 23.5. The first-order valence-corrected chi connectivity index (χ1v) is 11.6. The molecule has 1 aliphatic carbocycles. The monoisotopic (exact) mass is 428 g/mol. The Morgan fingerprint density at radius 2 is 1.81 bits per heavy atom. The number of hydrogen-bond donors (Lipinski definition) is 0. The highest BCUT2D eigenvalue weighted by Gasteiger charge is 2.43. The number of rotatable bonds is 4. The van der Waals surface area contributed by atoms with Crippen LogP contribution in [0, 0.1) is 6.92 Å². The van der Waals surface area contributed by atoms with Crippen molar-refractivity contribution >= 4 is 28.4 Å². The van der Waals surface area contributed by atoms with Crippen LogP contribution in [0.4, 0.5) is 16.2 Å². The van der Waals surface area contributed by atoms with Crippen LogP contribution in [0.3, 0.4) is 0 Å². The number of pyridine rings is 1. The summed E-state index contributed by atoms with van der Waals surface area (Å²) in [5.74, 6) is 0.560. The Morgan fingerprint density at radius 1 is 0.969 bits per heavy atom. The summed E-state index contributed by atoms with van der Waals surface area (Å²) in [7, 11) is 0. The van der Waals surface area contributed by atoms with E-state index in [9.17, 15) is 4.79 Å². The number of carbonyl (C=O) groups excluding carboxylic acids is 1. The summed E-state index contributed by atoms with van der Waals surface area (Å²) in [6, 6.07) is 19.8. The van der Waals surface area contributed by atoms with E-state index in [-0.39, 0.29) is 6.09 Å². The van der Waals surface area contributed by atoms with Crippen LogP contribution >= 0.6 is 0 Å². The lowest BCUT2D eigenvalue weighted by Gasteiger charge is -2.37. The topological polar surface area (TPSA) is 48.9 Å². The van der Waals surface area contributed by atoms with Crippen LogP contribution in [0.15, 0.2) is 54.6 Å². The number of fused-ring (bicyclic) bond motifs is 1. The van der Waals surface area contributed by atoms with E-state index in [0.29, 0.717) is 25.1 Å². The summed E-state index contributed by atoms with van der Waals surface area (Å²) in [5.41, 5.74) is 5.73. The van der Waals surface area contributed by atoms with Crippen LogP contribution in [0.2, 0.25) is 0 Å². The van der Waals surface area contributed by atoms with Crippen molar-refractivity contribution in [3.05, 3.63) is 65.9 Å². The van der Waals surface area contributed by atoms with Gasteiger partial charge in [-0.05, 0) is 55.3 Å². The largest absolute Gasteiger partial charge is 0.447 e. The molecular weight excluding hydrogens is 400 g/mol. The lowest BCUT2D eigenvalue weighted by atomic mass is 10.1. The van der Waals surface area contributed by atoms with Crippen molar-refractivity contribution in [3.8, 4) is 0 Å². The second kappa shape index (κ2) is 7.78. The lowest BCUT2D eigenvalue weighted by molar-refractivity contribution is 0.181. The molecule has 3 aromatic rings. The Labute approximate surface area is 188 Å². The number of anilines is 2. The number of amides is 1. The molecule has 3 fully saturated rings. The minimum atomic E-state index is -0.232. The Hall–Kier alpha value is -3.12. The third kappa shape index (κ3) is 3.48. The van der Waals surface area contributed by atoms with Crippen molar-refractivity contribution in [3.63, 3.8) is 0 Å². The Bertz CT molecular complexity index is 1170. The van der Waals surface area contributed by atoms with Gasteiger partial charge in [-0.3, -0.25) is 14.8 Å². The molecule has 6 heteroatoms. The number of cyclic esters (lactones) is 1. The molecule has 0 N–H and O–H groups in total. The van der Waals surface area contributed by atoms with E-state index in [0.717, 1.165) is 43.1 Å². The number of aromatic nitrogens is 1. The fraction of sp³-hybridized carbons (Fsp3) is 0.385. The number of nitrogens with zero attached hydrogens (tertiary/aromatic N) is 4. The van der Waals surface area contributed by atoms with E-state index < -0.39 is 0 Å². The zero-order valence-electron chi connectivity index (χ0n) is 18.4. The highest BCUT2D eigenvalue weighted by molar-refractivity contribution is 5.92. The van der Waals surface area contributed by atoms with Crippen LogP contribution in [-0.4, -0.2) is 61.3 Å². The van der Waals surface area contributed by atoms with Gasteiger partial charge in [0.15, 0.2) is 0 Å². The number of aryl methyl sites for hydroxylation is 1. The fourth-order valence-electron chi connectivity index (χ4n) is 5.31. The molecule has 32 heavy (non-hydrogen) atoms. The molecule has 1 saturated carbocycles. The average Bonchev–Trinajstić information content (AvgIpc) is 3.51. The van der Waals surface area contributed by atoms with Crippen LogP contribution < -0.4 is 9.80 Å². The molecule has 0 radical (unpaired) electrons. The number of carbonyl (C=O) groups is 1. The van der Waals surface area contributed by atoms with E-state index in [1.807, 2.05) is 13.0 Å². The van der Waals surface area contributed by atoms with Gasteiger partial charge in [-0.25, -0.2) is 4.79 Å². The molecule has 2 atom stereocenters. The summed E-state index contributed by atoms with van der Waals surface area (Å²) in [6.45, 7) is 7.40. The van der Waals surface area contributed by atoms with Gasteiger partial charge in [-0.1, -0.05) is 18.2 Å². The molecule has 2 aromatic carbocycles. The van der Waals surface area contributed by atoms with Gasteiger partial charge in [0.2, 0.25) is 0 Å². The minimum Gasteiger partial charge on any atom is -0.447 e. The van der Waals surface area contributed by atoms with E-state index in [2.05, 4.69) is 58.3 Å². The number of ether oxygens (including phenoxy) is 1. The first-order valence-electron chi connectivity index (χ1n) is 11.6. The average molecular weight is 429 g/mol. The molecule has 6 nitrogen and oxygen atoms in total. The molecule has 0 bridgehead atoms. The van der Waals surface area contributed by atoms with E-state index in [1.54, 1.807) is 4.90 Å².